The molecule has 0 bridgehead atoms. The number of benzene rings is 1. The molecule has 1 N–H and O–H groups in total. The lowest BCUT2D eigenvalue weighted by Gasteiger charge is -2.40. The molecule has 0 aromatic heterocycles. The quantitative estimate of drug-likeness (QED) is 0.858. The monoisotopic (exact) mass is 274 g/mol. The second-order valence-corrected chi connectivity index (χ2v) is 6.08. The summed E-state index contributed by atoms with van der Waals surface area (Å²) in [5.74, 6) is 0.0902. The van der Waals surface area contributed by atoms with Crippen LogP contribution in [0.25, 0.3) is 0 Å². The second kappa shape index (κ2) is 5.12. The zero-order valence-electron chi connectivity index (χ0n) is 12.1. The fourth-order valence-electron chi connectivity index (χ4n) is 3.78. The summed E-state index contributed by atoms with van der Waals surface area (Å²) in [5, 5.41) is 9.77. The summed E-state index contributed by atoms with van der Waals surface area (Å²) < 4.78 is 5.52. The molecular weight excluding hydrogens is 252 g/mol. The maximum Gasteiger partial charge on any atom is 0.314 e. The smallest absolute Gasteiger partial charge is 0.314 e. The number of hydrogen-bond donors (Lipinski definition) is 1. The van der Waals surface area contributed by atoms with Crippen molar-refractivity contribution in [2.45, 2.75) is 56.8 Å². The molecule has 1 saturated carbocycles. The van der Waals surface area contributed by atoms with E-state index in [1.165, 1.54) is 24.0 Å². The van der Waals surface area contributed by atoms with Crippen LogP contribution in [-0.2, 0) is 23.1 Å². The summed E-state index contributed by atoms with van der Waals surface area (Å²) >= 11 is 0. The Balaban J connectivity index is 2.19. The van der Waals surface area contributed by atoms with Crippen molar-refractivity contribution in [2.24, 2.45) is 0 Å². The molecule has 1 aromatic rings. The Bertz CT molecular complexity index is 529. The maximum atomic E-state index is 11.9. The molecule has 0 spiro atoms. The molecule has 0 amide bonds. The molecule has 0 radical (unpaired) electrons. The first-order valence-electron chi connectivity index (χ1n) is 7.62. The Kier molecular flexibility index (Phi) is 3.45. The summed E-state index contributed by atoms with van der Waals surface area (Å²) in [5.41, 5.74) is 2.90. The number of carbonyl (C=O) groups is 1. The molecule has 0 aliphatic heterocycles. The lowest BCUT2D eigenvalue weighted by atomic mass is 9.62. The van der Waals surface area contributed by atoms with Gasteiger partial charge in [0.2, 0.25) is 0 Å². The Morgan fingerprint density at radius 1 is 1.15 bits per heavy atom. The first-order valence-corrected chi connectivity index (χ1v) is 7.62. The summed E-state index contributed by atoms with van der Waals surface area (Å²) in [6.45, 7) is 0. The molecule has 0 heterocycles. The van der Waals surface area contributed by atoms with Gasteiger partial charge >= 0.3 is 5.97 Å². The number of hydrogen-bond acceptors (Lipinski definition) is 2. The molecule has 2 aliphatic rings. The lowest BCUT2D eigenvalue weighted by Crippen LogP contribution is -2.43. The zero-order valence-corrected chi connectivity index (χ0v) is 12.1. The highest BCUT2D eigenvalue weighted by Gasteiger charge is 2.49. The number of carboxylic acid groups (broad SMARTS) is 1. The number of carboxylic acids is 1. The number of fused-ring (bicyclic) bond motifs is 1. The van der Waals surface area contributed by atoms with E-state index in [-0.39, 0.29) is 0 Å². The highest BCUT2D eigenvalue weighted by atomic mass is 16.5. The van der Waals surface area contributed by atoms with Gasteiger partial charge in [-0.05, 0) is 55.7 Å². The number of ether oxygens (including phenoxy) is 1. The Morgan fingerprint density at radius 3 is 2.50 bits per heavy atom. The van der Waals surface area contributed by atoms with Gasteiger partial charge in [-0.1, -0.05) is 18.9 Å². The van der Waals surface area contributed by atoms with Crippen LogP contribution < -0.4 is 4.74 Å². The summed E-state index contributed by atoms with van der Waals surface area (Å²) in [4.78, 5) is 11.9. The number of aryl methyl sites for hydroxylation is 1. The van der Waals surface area contributed by atoms with Crippen molar-refractivity contribution in [1.29, 1.82) is 0 Å². The van der Waals surface area contributed by atoms with E-state index in [4.69, 9.17) is 4.74 Å². The van der Waals surface area contributed by atoms with Crippen molar-refractivity contribution in [3.63, 3.8) is 0 Å². The molecule has 108 valence electrons. The summed E-state index contributed by atoms with van der Waals surface area (Å²) in [6, 6.07) is 4.11. The average Bonchev–Trinajstić information content (AvgIpc) is 2.62. The van der Waals surface area contributed by atoms with Gasteiger partial charge in [-0.25, -0.2) is 0 Å². The van der Waals surface area contributed by atoms with Crippen LogP contribution in [0.15, 0.2) is 12.1 Å². The van der Waals surface area contributed by atoms with Gasteiger partial charge in [0.05, 0.1) is 12.5 Å². The van der Waals surface area contributed by atoms with E-state index in [9.17, 15) is 9.90 Å². The van der Waals surface area contributed by atoms with Crippen LogP contribution in [-0.4, -0.2) is 18.2 Å². The van der Waals surface area contributed by atoms with Gasteiger partial charge in [-0.2, -0.15) is 0 Å². The van der Waals surface area contributed by atoms with E-state index >= 15 is 0 Å². The predicted octanol–water partition coefficient (Wildman–Crippen LogP) is 3.47. The van der Waals surface area contributed by atoms with Crippen molar-refractivity contribution >= 4 is 5.97 Å². The van der Waals surface area contributed by atoms with E-state index in [1.807, 2.05) is 6.07 Å². The van der Waals surface area contributed by atoms with E-state index in [0.29, 0.717) is 0 Å². The Labute approximate surface area is 120 Å². The van der Waals surface area contributed by atoms with Crippen molar-refractivity contribution in [3.8, 4) is 5.75 Å². The first kappa shape index (κ1) is 13.5. The van der Waals surface area contributed by atoms with Crippen LogP contribution in [0.2, 0.25) is 0 Å². The van der Waals surface area contributed by atoms with E-state index in [0.717, 1.165) is 49.8 Å². The third-order valence-electron chi connectivity index (χ3n) is 5.06. The third kappa shape index (κ3) is 1.91. The fourth-order valence-corrected chi connectivity index (χ4v) is 3.78. The van der Waals surface area contributed by atoms with Gasteiger partial charge in [0.15, 0.2) is 0 Å². The molecule has 3 rings (SSSR count). The largest absolute Gasteiger partial charge is 0.496 e. The van der Waals surface area contributed by atoms with Gasteiger partial charge in [-0.15, -0.1) is 0 Å². The highest BCUT2D eigenvalue weighted by Crippen LogP contribution is 2.50. The molecule has 1 fully saturated rings. The third-order valence-corrected chi connectivity index (χ3v) is 5.06. The van der Waals surface area contributed by atoms with Crippen LogP contribution in [0.1, 0.15) is 55.2 Å². The molecule has 20 heavy (non-hydrogen) atoms. The molecular formula is C17H22O3. The van der Waals surface area contributed by atoms with Crippen LogP contribution in [0.3, 0.4) is 0 Å². The standard InChI is InChI=1S/C17H22O3/c1-20-14-9-8-12-6-3-2-4-7-13(12)15(14)17(16(18)19)10-5-11-17/h8-9H,2-7,10-11H2,1H3,(H,18,19). The summed E-state index contributed by atoms with van der Waals surface area (Å²) in [7, 11) is 1.65. The highest BCUT2D eigenvalue weighted by molar-refractivity contribution is 5.84. The van der Waals surface area contributed by atoms with Gasteiger partial charge in [-0.3, -0.25) is 4.79 Å². The van der Waals surface area contributed by atoms with Gasteiger partial charge in [0, 0.05) is 5.56 Å². The predicted molar refractivity (Wildman–Crippen MR) is 77.4 cm³/mol. The fraction of sp³-hybridized carbons (Fsp3) is 0.588. The first-order chi connectivity index (χ1) is 9.69. The van der Waals surface area contributed by atoms with Gasteiger partial charge in [0.1, 0.15) is 5.75 Å². The minimum absolute atomic E-state index is 0.681. The molecule has 1 aromatic carbocycles. The maximum absolute atomic E-state index is 11.9. The number of rotatable bonds is 3. The van der Waals surface area contributed by atoms with Crippen molar-refractivity contribution in [3.05, 3.63) is 28.8 Å². The normalized spacial score (nSPS) is 20.4. The van der Waals surface area contributed by atoms with Crippen molar-refractivity contribution in [1.82, 2.24) is 0 Å². The molecule has 3 heteroatoms. The SMILES string of the molecule is COc1ccc2c(c1C1(C(=O)O)CCC1)CCCCC2. The molecule has 0 unspecified atom stereocenters. The van der Waals surface area contributed by atoms with E-state index in [1.54, 1.807) is 7.11 Å². The van der Waals surface area contributed by atoms with Crippen LogP contribution in [0, 0.1) is 0 Å². The minimum atomic E-state index is -0.693. The molecule has 0 saturated heterocycles. The number of aliphatic carboxylic acids is 1. The van der Waals surface area contributed by atoms with Crippen LogP contribution in [0.5, 0.6) is 5.75 Å². The van der Waals surface area contributed by atoms with Crippen LogP contribution >= 0.6 is 0 Å². The molecule has 3 nitrogen and oxygen atoms in total. The molecule has 0 atom stereocenters. The summed E-state index contributed by atoms with van der Waals surface area (Å²) in [6.07, 6.45) is 8.15. The Morgan fingerprint density at radius 2 is 1.90 bits per heavy atom. The van der Waals surface area contributed by atoms with E-state index in [2.05, 4.69) is 6.07 Å². The average molecular weight is 274 g/mol. The topological polar surface area (TPSA) is 46.5 Å². The zero-order chi connectivity index (χ0) is 14.2. The Hall–Kier alpha value is -1.51. The van der Waals surface area contributed by atoms with Crippen molar-refractivity contribution < 1.29 is 14.6 Å². The van der Waals surface area contributed by atoms with Crippen LogP contribution in [0.4, 0.5) is 0 Å². The van der Waals surface area contributed by atoms with E-state index < -0.39 is 11.4 Å². The number of methoxy groups -OCH3 is 1. The molecule has 2 aliphatic carbocycles. The van der Waals surface area contributed by atoms with Gasteiger partial charge < -0.3 is 9.84 Å². The minimum Gasteiger partial charge on any atom is -0.496 e. The van der Waals surface area contributed by atoms with Crippen molar-refractivity contribution in [2.75, 3.05) is 7.11 Å². The second-order valence-electron chi connectivity index (χ2n) is 6.08. The lowest BCUT2D eigenvalue weighted by molar-refractivity contribution is -0.147. The van der Waals surface area contributed by atoms with Gasteiger partial charge in [0.25, 0.3) is 0 Å².